The first-order chi connectivity index (χ1) is 18.6. The van der Waals surface area contributed by atoms with Gasteiger partial charge in [0.25, 0.3) is 0 Å². The molecule has 0 saturated carbocycles. The number of aromatic nitrogens is 1. The lowest BCUT2D eigenvalue weighted by Gasteiger charge is -2.34. The second-order valence-corrected chi connectivity index (χ2v) is 10.8. The van der Waals surface area contributed by atoms with Gasteiger partial charge >= 0.3 is 0 Å². The Bertz CT molecular complexity index is 1750. The van der Waals surface area contributed by atoms with Crippen molar-refractivity contribution in [3.63, 3.8) is 0 Å². The summed E-state index contributed by atoms with van der Waals surface area (Å²) in [6.07, 6.45) is 10.0. The summed E-state index contributed by atoms with van der Waals surface area (Å²) in [7, 11) is 0. The van der Waals surface area contributed by atoms with Crippen LogP contribution in [0, 0.1) is 6.92 Å². The Morgan fingerprint density at radius 3 is 2.50 bits per heavy atom. The second-order valence-electron chi connectivity index (χ2n) is 10.8. The number of rotatable bonds is 2. The van der Waals surface area contributed by atoms with E-state index in [1.54, 1.807) is 0 Å². The molecule has 0 fully saturated rings. The Hall–Kier alpha value is -4.05. The van der Waals surface area contributed by atoms with Crippen molar-refractivity contribution in [3.8, 4) is 0 Å². The molecule has 2 atom stereocenters. The fraction of sp³-hybridized carbons (Fsp3) is 0.265. The number of fused-ring (bicyclic) bond motifs is 10. The molecule has 4 heterocycles. The van der Waals surface area contributed by atoms with Crippen molar-refractivity contribution in [2.24, 2.45) is 9.98 Å². The zero-order valence-electron chi connectivity index (χ0n) is 21.9. The van der Waals surface area contributed by atoms with E-state index in [4.69, 9.17) is 14.4 Å². The number of hydrogen-bond acceptors (Lipinski definition) is 4. The van der Waals surface area contributed by atoms with Crippen molar-refractivity contribution in [1.29, 1.82) is 0 Å². The lowest BCUT2D eigenvalue weighted by atomic mass is 9.74. The monoisotopic (exact) mass is 497 g/mol. The van der Waals surface area contributed by atoms with Gasteiger partial charge in [-0.15, -0.1) is 0 Å². The lowest BCUT2D eigenvalue weighted by molar-refractivity contribution is 0.516. The number of nitrogens with zero attached hydrogens (tertiary/aromatic N) is 3. The highest BCUT2D eigenvalue weighted by Crippen LogP contribution is 2.43. The first kappa shape index (κ1) is 23.1. The fourth-order valence-corrected chi connectivity index (χ4v) is 6.79. The summed E-state index contributed by atoms with van der Waals surface area (Å²) in [5.74, 6) is 0.206. The summed E-state index contributed by atoms with van der Waals surface area (Å²) in [4.78, 5) is 15.0. The minimum absolute atomic E-state index is 0.0427. The van der Waals surface area contributed by atoms with Crippen molar-refractivity contribution in [2.75, 3.05) is 0 Å². The molecule has 0 saturated heterocycles. The van der Waals surface area contributed by atoms with Crippen LogP contribution < -0.4 is 0 Å². The van der Waals surface area contributed by atoms with Crippen LogP contribution in [0.4, 0.5) is 0 Å². The summed E-state index contributed by atoms with van der Waals surface area (Å²) in [6, 6.07) is 13.3. The SMILES string of the molecule is C=CC1=NC2CC(=C)N=C(C=C)c3c(ccc4c3oc3nc(C)ccc34)CC2c2ccc3c(c21)CCCC3. The quantitative estimate of drug-likeness (QED) is 0.284. The van der Waals surface area contributed by atoms with Crippen molar-refractivity contribution in [3.05, 3.63) is 113 Å². The van der Waals surface area contributed by atoms with Crippen LogP contribution in [0.3, 0.4) is 0 Å². The van der Waals surface area contributed by atoms with E-state index < -0.39 is 0 Å². The van der Waals surface area contributed by atoms with Crippen LogP contribution in [0.1, 0.15) is 64.3 Å². The van der Waals surface area contributed by atoms with E-state index in [0.29, 0.717) is 12.1 Å². The number of allylic oxidation sites excluding steroid dienone is 2. The van der Waals surface area contributed by atoms with E-state index in [9.17, 15) is 0 Å². The third-order valence-corrected chi connectivity index (χ3v) is 8.53. The maximum absolute atomic E-state index is 6.44. The zero-order chi connectivity index (χ0) is 26.0. The molecule has 0 N–H and O–H groups in total. The molecule has 188 valence electrons. The van der Waals surface area contributed by atoms with Gasteiger partial charge in [0.2, 0.25) is 5.71 Å². The molecule has 7 rings (SSSR count). The van der Waals surface area contributed by atoms with Crippen LogP contribution in [0.15, 0.2) is 88.4 Å². The molecule has 3 aliphatic rings. The van der Waals surface area contributed by atoms with Crippen LogP contribution >= 0.6 is 0 Å². The zero-order valence-corrected chi connectivity index (χ0v) is 21.9. The summed E-state index contributed by atoms with van der Waals surface area (Å²) < 4.78 is 6.44. The van der Waals surface area contributed by atoms with E-state index in [1.807, 2.05) is 25.1 Å². The molecule has 0 spiro atoms. The molecule has 0 amide bonds. The Balaban J connectivity index is 1.48. The molecule has 2 aliphatic heterocycles. The Morgan fingerprint density at radius 2 is 1.66 bits per heavy atom. The number of pyridine rings is 1. The summed E-state index contributed by atoms with van der Waals surface area (Å²) in [5.41, 5.74) is 12.9. The van der Waals surface area contributed by atoms with Gasteiger partial charge in [0, 0.05) is 45.6 Å². The van der Waals surface area contributed by atoms with Gasteiger partial charge in [-0.3, -0.25) is 9.98 Å². The van der Waals surface area contributed by atoms with Gasteiger partial charge in [0.15, 0.2) is 0 Å². The van der Waals surface area contributed by atoms with Crippen LogP contribution in [-0.4, -0.2) is 22.4 Å². The largest absolute Gasteiger partial charge is 0.437 e. The summed E-state index contributed by atoms with van der Waals surface area (Å²) >= 11 is 0. The highest BCUT2D eigenvalue weighted by Gasteiger charge is 2.35. The van der Waals surface area contributed by atoms with Crippen LogP contribution in [0.2, 0.25) is 0 Å². The molecule has 0 radical (unpaired) electrons. The fourth-order valence-electron chi connectivity index (χ4n) is 6.79. The Labute approximate surface area is 223 Å². The van der Waals surface area contributed by atoms with E-state index in [-0.39, 0.29) is 12.0 Å². The van der Waals surface area contributed by atoms with E-state index in [1.165, 1.54) is 40.7 Å². The number of aliphatic imine (C=N–C) groups is 2. The Kier molecular flexibility index (Phi) is 5.33. The highest BCUT2D eigenvalue weighted by atomic mass is 16.3. The average molecular weight is 498 g/mol. The number of hydrogen-bond donors (Lipinski definition) is 0. The molecule has 2 aromatic carbocycles. The van der Waals surface area contributed by atoms with Crippen molar-refractivity contribution < 1.29 is 4.42 Å². The second kappa shape index (κ2) is 8.76. The standard InChI is InChI=1S/C34H31N3O/c1-5-28-31-22(13-16-25-26-14-11-19(3)36-34(26)38-33(25)31)18-27-24-15-12-21-9-7-8-10-23(21)32(24)29(6-2)37-30(27)17-20(4)35-28/h5-6,11-16,27,30H,1-2,4,7-10,17-18H2,3H3. The van der Waals surface area contributed by atoms with Crippen LogP contribution in [0.5, 0.6) is 0 Å². The predicted octanol–water partition coefficient (Wildman–Crippen LogP) is 7.74. The van der Waals surface area contributed by atoms with Gasteiger partial charge in [0.1, 0.15) is 5.58 Å². The number of aryl methyl sites for hydroxylation is 2. The maximum atomic E-state index is 6.44. The van der Waals surface area contributed by atoms with Gasteiger partial charge in [-0.2, -0.15) is 0 Å². The van der Waals surface area contributed by atoms with Gasteiger partial charge < -0.3 is 4.42 Å². The van der Waals surface area contributed by atoms with E-state index in [2.05, 4.69) is 55.1 Å². The number of benzene rings is 2. The Morgan fingerprint density at radius 1 is 0.868 bits per heavy atom. The topological polar surface area (TPSA) is 50.8 Å². The molecule has 4 nitrogen and oxygen atoms in total. The normalized spacial score (nSPS) is 20.7. The molecule has 0 bridgehead atoms. The van der Waals surface area contributed by atoms with Crippen molar-refractivity contribution in [1.82, 2.24) is 4.98 Å². The van der Waals surface area contributed by atoms with Gasteiger partial charge in [-0.1, -0.05) is 44.0 Å². The lowest BCUT2D eigenvalue weighted by Crippen LogP contribution is -2.29. The summed E-state index contributed by atoms with van der Waals surface area (Å²) in [6.45, 7) is 14.6. The molecular formula is C34H31N3O. The predicted molar refractivity (Wildman–Crippen MR) is 157 cm³/mol. The van der Waals surface area contributed by atoms with Crippen molar-refractivity contribution >= 4 is 33.5 Å². The van der Waals surface area contributed by atoms with Gasteiger partial charge in [-0.05, 0) is 85.6 Å². The molecule has 2 aromatic heterocycles. The summed E-state index contributed by atoms with van der Waals surface area (Å²) in [5, 5.41) is 2.07. The molecule has 4 heteroatoms. The van der Waals surface area contributed by atoms with Crippen LogP contribution in [0.25, 0.3) is 22.1 Å². The molecule has 1 aliphatic carbocycles. The van der Waals surface area contributed by atoms with Crippen LogP contribution in [-0.2, 0) is 19.3 Å². The van der Waals surface area contributed by atoms with Crippen molar-refractivity contribution in [2.45, 2.75) is 57.4 Å². The minimum atomic E-state index is 0.0427. The third-order valence-electron chi connectivity index (χ3n) is 8.53. The minimum Gasteiger partial charge on any atom is -0.437 e. The molecular weight excluding hydrogens is 466 g/mol. The van der Waals surface area contributed by atoms with Gasteiger partial charge in [0.05, 0.1) is 17.5 Å². The smallest absolute Gasteiger partial charge is 0.227 e. The first-order valence-electron chi connectivity index (χ1n) is 13.6. The first-order valence-corrected chi connectivity index (χ1v) is 13.6. The molecule has 38 heavy (non-hydrogen) atoms. The maximum Gasteiger partial charge on any atom is 0.227 e. The highest BCUT2D eigenvalue weighted by molar-refractivity contribution is 6.20. The number of furan rings is 1. The van der Waals surface area contributed by atoms with Gasteiger partial charge in [-0.25, -0.2) is 4.98 Å². The molecule has 2 unspecified atom stereocenters. The third kappa shape index (κ3) is 3.47. The molecule has 4 aromatic rings. The van der Waals surface area contributed by atoms with E-state index in [0.717, 1.165) is 64.0 Å². The van der Waals surface area contributed by atoms with E-state index >= 15 is 0 Å². The average Bonchev–Trinajstić information content (AvgIpc) is 3.31.